The minimum atomic E-state index is -0.209. The summed E-state index contributed by atoms with van der Waals surface area (Å²) < 4.78 is 5.47. The number of amides is 1. The Kier molecular flexibility index (Phi) is 6.22. The first-order valence-corrected chi connectivity index (χ1v) is 9.24. The Bertz CT molecular complexity index is 433. The number of hydrogen-bond donors (Lipinski definition) is 1. The average Bonchev–Trinajstić information content (AvgIpc) is 2.87. The number of hydrogen-bond acceptors (Lipinski definition) is 6. The fourth-order valence-electron chi connectivity index (χ4n) is 2.24. The maximum Gasteiger partial charge on any atom is 0.277 e. The van der Waals surface area contributed by atoms with Gasteiger partial charge in [-0.3, -0.25) is 4.79 Å². The van der Waals surface area contributed by atoms with E-state index in [1.807, 2.05) is 13.2 Å². The van der Waals surface area contributed by atoms with E-state index in [9.17, 15) is 4.79 Å². The van der Waals surface area contributed by atoms with Gasteiger partial charge in [0.15, 0.2) is 0 Å². The van der Waals surface area contributed by atoms with Gasteiger partial charge in [-0.05, 0) is 26.0 Å². The Labute approximate surface area is 128 Å². The molecule has 0 unspecified atom stereocenters. The van der Waals surface area contributed by atoms with Gasteiger partial charge in [0.05, 0.1) is 11.0 Å². The molecule has 1 heterocycles. The highest BCUT2D eigenvalue weighted by Gasteiger charge is 2.22. The molecule has 2 rings (SSSR count). The minimum Gasteiger partial charge on any atom is -0.415 e. The first-order valence-electron chi connectivity index (χ1n) is 6.97. The van der Waals surface area contributed by atoms with Crippen molar-refractivity contribution in [3.8, 4) is 0 Å². The highest BCUT2D eigenvalue weighted by Crippen LogP contribution is 2.24. The molecule has 0 spiro atoms. The summed E-state index contributed by atoms with van der Waals surface area (Å²) in [5.41, 5.74) is 0. The lowest BCUT2D eigenvalue weighted by molar-refractivity contribution is -0.121. The van der Waals surface area contributed by atoms with Crippen molar-refractivity contribution in [3.63, 3.8) is 0 Å². The molecule has 1 atom stereocenters. The highest BCUT2D eigenvalue weighted by atomic mass is 32.2. The van der Waals surface area contributed by atoms with E-state index >= 15 is 0 Å². The molecule has 1 aliphatic rings. The molecule has 20 heavy (non-hydrogen) atoms. The van der Waals surface area contributed by atoms with Crippen molar-refractivity contribution in [2.75, 3.05) is 6.26 Å². The third kappa shape index (κ3) is 4.70. The Hall–Kier alpha value is -0.690. The van der Waals surface area contributed by atoms with E-state index in [4.69, 9.17) is 4.42 Å². The summed E-state index contributed by atoms with van der Waals surface area (Å²) in [6.07, 6.45) is 7.90. The molecule has 1 amide bonds. The summed E-state index contributed by atoms with van der Waals surface area (Å²) in [5, 5.41) is 11.3. The number of carbonyl (C=O) groups is 1. The lowest BCUT2D eigenvalue weighted by Crippen LogP contribution is -2.40. The molecule has 1 N–H and O–H groups in total. The predicted octanol–water partition coefficient (Wildman–Crippen LogP) is 2.86. The molecule has 0 saturated heterocycles. The fourth-order valence-corrected chi connectivity index (χ4v) is 3.31. The van der Waals surface area contributed by atoms with Crippen molar-refractivity contribution >= 4 is 29.4 Å². The van der Waals surface area contributed by atoms with Crippen LogP contribution in [0.15, 0.2) is 9.64 Å². The third-order valence-electron chi connectivity index (χ3n) is 3.31. The van der Waals surface area contributed by atoms with Crippen LogP contribution in [0.1, 0.15) is 44.9 Å². The first kappa shape index (κ1) is 15.7. The number of rotatable bonds is 6. The second-order valence-corrected chi connectivity index (χ2v) is 7.16. The molecular formula is C13H21N3O2S2. The van der Waals surface area contributed by atoms with Crippen LogP contribution in [0, 0.1) is 0 Å². The van der Waals surface area contributed by atoms with Gasteiger partial charge >= 0.3 is 0 Å². The fraction of sp³-hybridized carbons (Fsp3) is 0.769. The molecule has 1 saturated carbocycles. The van der Waals surface area contributed by atoms with Crippen molar-refractivity contribution in [2.45, 2.75) is 61.3 Å². The predicted molar refractivity (Wildman–Crippen MR) is 81.9 cm³/mol. The van der Waals surface area contributed by atoms with Crippen molar-refractivity contribution in [2.24, 2.45) is 0 Å². The topological polar surface area (TPSA) is 68.0 Å². The molecule has 112 valence electrons. The average molecular weight is 315 g/mol. The van der Waals surface area contributed by atoms with E-state index in [1.165, 1.54) is 31.0 Å². The van der Waals surface area contributed by atoms with E-state index in [0.29, 0.717) is 22.9 Å². The molecule has 1 fully saturated rings. The van der Waals surface area contributed by atoms with Crippen LogP contribution in [0.5, 0.6) is 0 Å². The van der Waals surface area contributed by atoms with Crippen LogP contribution in [0.25, 0.3) is 0 Å². The number of nitrogens with one attached hydrogen (secondary N) is 1. The number of carbonyl (C=O) groups excluding carboxylic acids is 1. The van der Waals surface area contributed by atoms with Crippen LogP contribution >= 0.6 is 23.5 Å². The summed E-state index contributed by atoms with van der Waals surface area (Å²) in [5.74, 6) is 1.38. The summed E-state index contributed by atoms with van der Waals surface area (Å²) in [6.45, 7) is 1.88. The van der Waals surface area contributed by atoms with Crippen molar-refractivity contribution in [1.82, 2.24) is 15.5 Å². The van der Waals surface area contributed by atoms with Crippen LogP contribution in [-0.2, 0) is 10.5 Å². The van der Waals surface area contributed by atoms with Gasteiger partial charge in [0.1, 0.15) is 0 Å². The van der Waals surface area contributed by atoms with Gasteiger partial charge in [-0.2, -0.15) is 11.8 Å². The zero-order chi connectivity index (χ0) is 14.4. The van der Waals surface area contributed by atoms with E-state index in [0.717, 1.165) is 12.8 Å². The van der Waals surface area contributed by atoms with Crippen LogP contribution in [0.3, 0.4) is 0 Å². The maximum absolute atomic E-state index is 12.1. The number of aromatic nitrogens is 2. The smallest absolute Gasteiger partial charge is 0.277 e. The Morgan fingerprint density at radius 2 is 2.15 bits per heavy atom. The van der Waals surface area contributed by atoms with Gasteiger partial charge in [-0.25, -0.2) is 0 Å². The molecule has 1 aromatic rings. The molecule has 7 heteroatoms. The van der Waals surface area contributed by atoms with Crippen molar-refractivity contribution in [1.29, 1.82) is 0 Å². The third-order valence-corrected chi connectivity index (χ3v) is 4.78. The quantitative estimate of drug-likeness (QED) is 0.814. The normalized spacial score (nSPS) is 17.9. The molecule has 5 nitrogen and oxygen atoms in total. The van der Waals surface area contributed by atoms with Gasteiger partial charge in [0.2, 0.25) is 11.8 Å². The Morgan fingerprint density at radius 3 is 2.85 bits per heavy atom. The van der Waals surface area contributed by atoms with Gasteiger partial charge in [-0.15, -0.1) is 10.2 Å². The summed E-state index contributed by atoms with van der Waals surface area (Å²) in [7, 11) is 0. The largest absolute Gasteiger partial charge is 0.415 e. The lowest BCUT2D eigenvalue weighted by Gasteiger charge is -2.23. The first-order chi connectivity index (χ1) is 9.69. The molecule has 0 aliphatic heterocycles. The molecule has 1 aromatic heterocycles. The van der Waals surface area contributed by atoms with Crippen LogP contribution < -0.4 is 5.32 Å². The van der Waals surface area contributed by atoms with Crippen LogP contribution in [0.4, 0.5) is 0 Å². The summed E-state index contributed by atoms with van der Waals surface area (Å²) in [4.78, 5) is 12.1. The van der Waals surface area contributed by atoms with Crippen LogP contribution in [-0.4, -0.2) is 33.7 Å². The zero-order valence-corrected chi connectivity index (χ0v) is 13.6. The minimum absolute atomic E-state index is 0.0616. The maximum atomic E-state index is 12.1. The SMILES string of the molecule is CSCc1nnc(S[C@H](C)C(=O)NC2CCCCC2)o1. The number of nitrogens with zero attached hydrogens (tertiary/aromatic N) is 2. The second-order valence-electron chi connectivity index (χ2n) is 5.00. The second kappa shape index (κ2) is 7.93. The van der Waals surface area contributed by atoms with E-state index in [2.05, 4.69) is 15.5 Å². The van der Waals surface area contributed by atoms with Crippen LogP contribution in [0.2, 0.25) is 0 Å². The van der Waals surface area contributed by atoms with Crippen molar-refractivity contribution < 1.29 is 9.21 Å². The molecule has 0 bridgehead atoms. The van der Waals surface area contributed by atoms with Gasteiger partial charge in [0, 0.05) is 6.04 Å². The summed E-state index contributed by atoms with van der Waals surface area (Å²) >= 11 is 2.96. The Balaban J connectivity index is 1.80. The van der Waals surface area contributed by atoms with E-state index < -0.39 is 0 Å². The van der Waals surface area contributed by atoms with E-state index in [1.54, 1.807) is 11.8 Å². The number of thioether (sulfide) groups is 2. The highest BCUT2D eigenvalue weighted by molar-refractivity contribution is 8.00. The monoisotopic (exact) mass is 315 g/mol. The zero-order valence-electron chi connectivity index (χ0n) is 11.9. The van der Waals surface area contributed by atoms with Gasteiger partial charge in [-0.1, -0.05) is 31.0 Å². The molecule has 0 radical (unpaired) electrons. The molecular weight excluding hydrogens is 294 g/mol. The van der Waals surface area contributed by atoms with Gasteiger partial charge < -0.3 is 9.73 Å². The molecule has 0 aromatic carbocycles. The summed E-state index contributed by atoms with van der Waals surface area (Å²) in [6, 6.07) is 0.342. The van der Waals surface area contributed by atoms with Crippen molar-refractivity contribution in [3.05, 3.63) is 5.89 Å². The van der Waals surface area contributed by atoms with E-state index in [-0.39, 0.29) is 11.2 Å². The lowest BCUT2D eigenvalue weighted by atomic mass is 9.95. The Morgan fingerprint density at radius 1 is 1.40 bits per heavy atom. The standard InChI is InChI=1S/C13H21N3O2S2/c1-9(12(17)14-10-6-4-3-5-7-10)20-13-16-15-11(18-13)8-19-2/h9-10H,3-8H2,1-2H3,(H,14,17)/t9-/m1/s1. The molecule has 1 aliphatic carbocycles. The van der Waals surface area contributed by atoms with Gasteiger partial charge in [0.25, 0.3) is 5.22 Å².